The summed E-state index contributed by atoms with van der Waals surface area (Å²) in [4.78, 5) is 0. The fraction of sp³-hybridized carbons (Fsp3) is 0.167. The van der Waals surface area contributed by atoms with Crippen molar-refractivity contribution in [2.24, 2.45) is 0 Å². The molecule has 0 radical (unpaired) electrons. The van der Waals surface area contributed by atoms with Gasteiger partial charge in [0.05, 0.1) is 5.56 Å². The van der Waals surface area contributed by atoms with E-state index in [1.54, 1.807) is 36.4 Å². The summed E-state index contributed by atoms with van der Waals surface area (Å²) >= 11 is 5.85. The Bertz CT molecular complexity index is 1020. The van der Waals surface area contributed by atoms with Gasteiger partial charge in [0.1, 0.15) is 17.5 Å². The van der Waals surface area contributed by atoms with Crippen LogP contribution in [0.1, 0.15) is 36.5 Å². The molecule has 0 saturated carbocycles. The molecule has 0 amide bonds. The highest BCUT2D eigenvalue weighted by Gasteiger charge is 2.10. The maximum atomic E-state index is 14.4. The molecular weight excluding hydrogens is 381 g/mol. The van der Waals surface area contributed by atoms with E-state index in [1.807, 2.05) is 6.92 Å². The first-order chi connectivity index (χ1) is 13.5. The lowest BCUT2D eigenvalue weighted by Gasteiger charge is -2.05. The van der Waals surface area contributed by atoms with E-state index in [4.69, 9.17) is 11.6 Å². The molecule has 3 aromatic rings. The SMILES string of the molecule is CCCCc1cc(F)c(C#Cc2ccc(-c3ccc(Cl)cc3)c(F)c2)c(F)c1. The topological polar surface area (TPSA) is 0 Å². The van der Waals surface area contributed by atoms with Crippen LogP contribution in [0.5, 0.6) is 0 Å². The molecule has 0 bridgehead atoms. The molecule has 0 nitrogen and oxygen atoms in total. The van der Waals surface area contributed by atoms with Gasteiger partial charge in [0.25, 0.3) is 0 Å². The first-order valence-corrected chi connectivity index (χ1v) is 9.41. The van der Waals surface area contributed by atoms with Gasteiger partial charge in [0, 0.05) is 16.1 Å². The minimum absolute atomic E-state index is 0.303. The van der Waals surface area contributed by atoms with Crippen LogP contribution in [-0.4, -0.2) is 0 Å². The molecule has 0 heterocycles. The average Bonchev–Trinajstić information content (AvgIpc) is 2.67. The number of unbranched alkanes of at least 4 members (excludes halogenated alkanes) is 1. The molecule has 0 aliphatic rings. The summed E-state index contributed by atoms with van der Waals surface area (Å²) < 4.78 is 42.9. The Morgan fingerprint density at radius 2 is 1.50 bits per heavy atom. The highest BCUT2D eigenvalue weighted by atomic mass is 35.5. The van der Waals surface area contributed by atoms with Crippen molar-refractivity contribution in [2.75, 3.05) is 0 Å². The lowest BCUT2D eigenvalue weighted by atomic mass is 10.0. The molecule has 0 N–H and O–H groups in total. The third-order valence-electron chi connectivity index (χ3n) is 4.38. The number of benzene rings is 3. The van der Waals surface area contributed by atoms with Gasteiger partial charge in [-0.15, -0.1) is 0 Å². The Morgan fingerprint density at radius 1 is 0.821 bits per heavy atom. The molecule has 0 fully saturated rings. The molecule has 0 aromatic heterocycles. The van der Waals surface area contributed by atoms with Crippen molar-refractivity contribution in [3.63, 3.8) is 0 Å². The van der Waals surface area contributed by atoms with E-state index < -0.39 is 17.5 Å². The Balaban J connectivity index is 1.86. The molecule has 142 valence electrons. The van der Waals surface area contributed by atoms with Crippen LogP contribution in [-0.2, 0) is 6.42 Å². The fourth-order valence-electron chi connectivity index (χ4n) is 2.86. The van der Waals surface area contributed by atoms with Crippen LogP contribution in [0.3, 0.4) is 0 Å². The summed E-state index contributed by atoms with van der Waals surface area (Å²) in [6, 6.07) is 13.9. The maximum absolute atomic E-state index is 14.4. The van der Waals surface area contributed by atoms with Crippen molar-refractivity contribution >= 4 is 11.6 Å². The Kier molecular flexibility index (Phi) is 6.44. The van der Waals surface area contributed by atoms with Crippen molar-refractivity contribution in [2.45, 2.75) is 26.2 Å². The van der Waals surface area contributed by atoms with E-state index in [9.17, 15) is 13.2 Å². The van der Waals surface area contributed by atoms with Crippen molar-refractivity contribution in [3.8, 4) is 23.0 Å². The Labute approximate surface area is 168 Å². The second kappa shape index (κ2) is 8.99. The second-order valence-corrected chi connectivity index (χ2v) is 6.93. The largest absolute Gasteiger partial charge is 0.206 e. The molecule has 0 aliphatic carbocycles. The summed E-state index contributed by atoms with van der Waals surface area (Å²) in [7, 11) is 0. The van der Waals surface area contributed by atoms with Gasteiger partial charge in [-0.2, -0.15) is 0 Å². The zero-order chi connectivity index (χ0) is 20.1. The van der Waals surface area contributed by atoms with Crippen LogP contribution in [0, 0.1) is 29.3 Å². The van der Waals surface area contributed by atoms with E-state index in [0.29, 0.717) is 33.7 Å². The predicted molar refractivity (Wildman–Crippen MR) is 108 cm³/mol. The van der Waals surface area contributed by atoms with Crippen molar-refractivity contribution in [3.05, 3.63) is 93.8 Å². The molecule has 3 aromatic carbocycles. The van der Waals surface area contributed by atoms with Gasteiger partial charge in [-0.1, -0.05) is 55.0 Å². The van der Waals surface area contributed by atoms with Crippen molar-refractivity contribution in [1.82, 2.24) is 0 Å². The van der Waals surface area contributed by atoms with Crippen molar-refractivity contribution in [1.29, 1.82) is 0 Å². The highest BCUT2D eigenvalue weighted by molar-refractivity contribution is 6.30. The van der Waals surface area contributed by atoms with Crippen LogP contribution >= 0.6 is 11.6 Å². The average molecular weight is 399 g/mol. The lowest BCUT2D eigenvalue weighted by Crippen LogP contribution is -1.95. The van der Waals surface area contributed by atoms with Gasteiger partial charge < -0.3 is 0 Å². The predicted octanol–water partition coefficient (Wildman–Crippen LogP) is 7.17. The molecule has 0 unspecified atom stereocenters. The second-order valence-electron chi connectivity index (χ2n) is 6.49. The standard InChI is InChI=1S/C24H18ClF3/c1-2-3-4-17-14-23(27)21(24(28)15-17)12-6-16-5-11-20(22(26)13-16)18-7-9-19(25)10-8-18/h5,7-11,13-15H,2-4H2,1H3. The summed E-state index contributed by atoms with van der Waals surface area (Å²) in [5, 5.41) is 0.566. The van der Waals surface area contributed by atoms with Crippen molar-refractivity contribution < 1.29 is 13.2 Å². The molecule has 4 heteroatoms. The minimum Gasteiger partial charge on any atom is -0.206 e. The summed E-state index contributed by atoms with van der Waals surface area (Å²) in [5.41, 5.74) is 1.73. The van der Waals surface area contributed by atoms with Gasteiger partial charge in [0.2, 0.25) is 0 Å². The molecular formula is C24H18ClF3. The number of aryl methyl sites for hydroxylation is 1. The number of hydrogen-bond donors (Lipinski definition) is 0. The first kappa shape index (κ1) is 20.0. The summed E-state index contributed by atoms with van der Waals surface area (Å²) in [6.07, 6.45) is 2.43. The third kappa shape index (κ3) is 4.77. The summed E-state index contributed by atoms with van der Waals surface area (Å²) in [6.45, 7) is 2.02. The third-order valence-corrected chi connectivity index (χ3v) is 4.63. The molecule has 0 spiro atoms. The quantitative estimate of drug-likeness (QED) is 0.409. The fourth-order valence-corrected chi connectivity index (χ4v) is 2.99. The number of halogens is 4. The zero-order valence-electron chi connectivity index (χ0n) is 15.3. The van der Waals surface area contributed by atoms with E-state index in [0.717, 1.165) is 12.8 Å². The van der Waals surface area contributed by atoms with E-state index in [-0.39, 0.29) is 5.56 Å². The molecule has 3 rings (SSSR count). The van der Waals surface area contributed by atoms with E-state index in [1.165, 1.54) is 18.2 Å². The number of hydrogen-bond acceptors (Lipinski definition) is 0. The molecule has 28 heavy (non-hydrogen) atoms. The monoisotopic (exact) mass is 398 g/mol. The van der Waals surface area contributed by atoms with Gasteiger partial charge in [0.15, 0.2) is 0 Å². The summed E-state index contributed by atoms with van der Waals surface area (Å²) in [5.74, 6) is 3.27. The van der Waals surface area contributed by atoms with E-state index >= 15 is 0 Å². The van der Waals surface area contributed by atoms with E-state index in [2.05, 4.69) is 11.8 Å². The molecule has 0 saturated heterocycles. The molecule has 0 aliphatic heterocycles. The van der Waals surface area contributed by atoms with Crippen LogP contribution in [0.2, 0.25) is 5.02 Å². The van der Waals surface area contributed by atoms with Crippen LogP contribution in [0.15, 0.2) is 54.6 Å². The Hall–Kier alpha value is -2.70. The van der Waals surface area contributed by atoms with Gasteiger partial charge >= 0.3 is 0 Å². The Morgan fingerprint density at radius 3 is 2.11 bits per heavy atom. The zero-order valence-corrected chi connectivity index (χ0v) is 16.1. The number of rotatable bonds is 4. The maximum Gasteiger partial charge on any atom is 0.142 e. The van der Waals surface area contributed by atoms with Gasteiger partial charge in [-0.25, -0.2) is 13.2 Å². The van der Waals surface area contributed by atoms with Crippen LogP contribution in [0.4, 0.5) is 13.2 Å². The molecule has 0 atom stereocenters. The smallest absolute Gasteiger partial charge is 0.142 e. The van der Waals surface area contributed by atoms with Crippen LogP contribution < -0.4 is 0 Å². The lowest BCUT2D eigenvalue weighted by molar-refractivity contribution is 0.572. The highest BCUT2D eigenvalue weighted by Crippen LogP contribution is 2.25. The van der Waals surface area contributed by atoms with Crippen LogP contribution in [0.25, 0.3) is 11.1 Å². The van der Waals surface area contributed by atoms with Gasteiger partial charge in [-0.3, -0.25) is 0 Å². The van der Waals surface area contributed by atoms with Gasteiger partial charge in [-0.05, 0) is 60.4 Å². The normalized spacial score (nSPS) is 10.5. The first-order valence-electron chi connectivity index (χ1n) is 9.03. The minimum atomic E-state index is -0.697.